The molecule has 0 atom stereocenters. The molecule has 7 nitrogen and oxygen atoms in total. The number of nitrogens with one attached hydrogen (secondary N) is 2. The topological polar surface area (TPSA) is 91.0 Å². The Kier molecular flexibility index (Phi) is 4.43. The number of amides is 2. The minimum absolute atomic E-state index is 0.0581. The molecule has 6 aliphatic rings. The second-order valence-electron chi connectivity index (χ2n) is 10.9. The zero-order valence-electron chi connectivity index (χ0n) is 17.7. The molecule has 4 bridgehead atoms. The van der Waals surface area contributed by atoms with E-state index in [0.29, 0.717) is 11.8 Å². The van der Waals surface area contributed by atoms with E-state index in [1.165, 1.54) is 32.1 Å². The molecule has 1 aromatic rings. The van der Waals surface area contributed by atoms with Gasteiger partial charge in [-0.15, -0.1) is 0 Å². The standard InChI is InChI=1S/C23H33N5O2/c29-19(13-24-22(30)23-10-14-7-15(11-23)9-16(8-14)12-23)28-5-3-18(4-6-28)21-25-20(26-27-21)17-1-2-17/h14-18H,1-13H2,(H,24,30)(H,25,26,27). The van der Waals surface area contributed by atoms with Crippen molar-refractivity contribution in [2.75, 3.05) is 19.6 Å². The number of carbonyl (C=O) groups excluding carboxylic acids is 2. The Balaban J connectivity index is 1.00. The van der Waals surface area contributed by atoms with Crippen molar-refractivity contribution in [1.29, 1.82) is 0 Å². The summed E-state index contributed by atoms with van der Waals surface area (Å²) in [5.41, 5.74) is -0.173. The fourth-order valence-electron chi connectivity index (χ4n) is 7.24. The van der Waals surface area contributed by atoms with Gasteiger partial charge in [-0.1, -0.05) is 0 Å². The van der Waals surface area contributed by atoms with Crippen molar-refractivity contribution in [2.45, 2.75) is 76.0 Å². The first-order valence-electron chi connectivity index (χ1n) is 12.1. The molecular weight excluding hydrogens is 378 g/mol. The first-order chi connectivity index (χ1) is 14.6. The third-order valence-electron chi connectivity index (χ3n) is 8.62. The van der Waals surface area contributed by atoms with Crippen LogP contribution in [0.2, 0.25) is 0 Å². The maximum atomic E-state index is 13.1. The molecule has 162 valence electrons. The Morgan fingerprint density at radius 2 is 1.60 bits per heavy atom. The van der Waals surface area contributed by atoms with Crippen molar-refractivity contribution in [1.82, 2.24) is 25.4 Å². The van der Waals surface area contributed by atoms with Crippen molar-refractivity contribution in [3.05, 3.63) is 11.6 Å². The van der Waals surface area contributed by atoms with Crippen LogP contribution in [-0.4, -0.2) is 51.5 Å². The summed E-state index contributed by atoms with van der Waals surface area (Å²) in [5.74, 6) is 5.32. The zero-order chi connectivity index (χ0) is 20.3. The summed E-state index contributed by atoms with van der Waals surface area (Å²) in [6, 6.07) is 0. The minimum Gasteiger partial charge on any atom is -0.347 e. The van der Waals surface area contributed by atoms with E-state index in [-0.39, 0.29) is 23.8 Å². The monoisotopic (exact) mass is 411 g/mol. The van der Waals surface area contributed by atoms with E-state index < -0.39 is 0 Å². The van der Waals surface area contributed by atoms with E-state index in [2.05, 4.69) is 20.5 Å². The van der Waals surface area contributed by atoms with Gasteiger partial charge in [0.25, 0.3) is 0 Å². The maximum absolute atomic E-state index is 13.1. The zero-order valence-corrected chi connectivity index (χ0v) is 17.7. The van der Waals surface area contributed by atoms with Crippen LogP contribution in [0.15, 0.2) is 0 Å². The molecule has 30 heavy (non-hydrogen) atoms. The van der Waals surface area contributed by atoms with Crippen molar-refractivity contribution in [3.63, 3.8) is 0 Å². The molecule has 7 rings (SSSR count). The molecule has 5 aliphatic carbocycles. The van der Waals surface area contributed by atoms with Gasteiger partial charge in [-0.2, -0.15) is 5.10 Å². The molecule has 7 heteroatoms. The average Bonchev–Trinajstić information content (AvgIpc) is 3.47. The van der Waals surface area contributed by atoms with Gasteiger partial charge in [0, 0.05) is 30.3 Å². The number of likely N-dealkylation sites (tertiary alicyclic amines) is 1. The van der Waals surface area contributed by atoms with Crippen LogP contribution in [0, 0.1) is 23.2 Å². The highest BCUT2D eigenvalue weighted by Gasteiger charge is 2.54. The fourth-order valence-corrected chi connectivity index (χ4v) is 7.24. The van der Waals surface area contributed by atoms with E-state index in [1.54, 1.807) is 0 Å². The van der Waals surface area contributed by atoms with Crippen molar-refractivity contribution in [2.24, 2.45) is 23.2 Å². The number of hydrogen-bond donors (Lipinski definition) is 2. The molecule has 0 aromatic carbocycles. The van der Waals surface area contributed by atoms with E-state index >= 15 is 0 Å². The molecule has 5 saturated carbocycles. The number of hydrogen-bond acceptors (Lipinski definition) is 4. The number of nitrogens with zero attached hydrogens (tertiary/aromatic N) is 3. The molecule has 0 unspecified atom stereocenters. The Labute approximate surface area is 177 Å². The lowest BCUT2D eigenvalue weighted by Gasteiger charge is -2.55. The van der Waals surface area contributed by atoms with Gasteiger partial charge in [0.15, 0.2) is 5.82 Å². The maximum Gasteiger partial charge on any atom is 0.241 e. The van der Waals surface area contributed by atoms with Crippen molar-refractivity contribution < 1.29 is 9.59 Å². The molecule has 0 spiro atoms. The number of rotatable bonds is 5. The number of aromatic amines is 1. The lowest BCUT2D eigenvalue weighted by Crippen LogP contribution is -2.55. The largest absolute Gasteiger partial charge is 0.347 e. The van der Waals surface area contributed by atoms with Gasteiger partial charge in [-0.05, 0) is 82.0 Å². The molecule has 1 aliphatic heterocycles. The predicted molar refractivity (Wildman–Crippen MR) is 111 cm³/mol. The highest BCUT2D eigenvalue weighted by Crippen LogP contribution is 2.60. The average molecular weight is 412 g/mol. The van der Waals surface area contributed by atoms with Gasteiger partial charge in [0.2, 0.25) is 11.8 Å². The lowest BCUT2D eigenvalue weighted by atomic mass is 9.49. The highest BCUT2D eigenvalue weighted by atomic mass is 16.2. The fraction of sp³-hybridized carbons (Fsp3) is 0.826. The third kappa shape index (κ3) is 3.34. The van der Waals surface area contributed by atoms with Gasteiger partial charge in [-0.25, -0.2) is 4.98 Å². The van der Waals surface area contributed by atoms with Crippen LogP contribution in [0.25, 0.3) is 0 Å². The van der Waals surface area contributed by atoms with Crippen LogP contribution in [-0.2, 0) is 9.59 Å². The molecule has 6 fully saturated rings. The van der Waals surface area contributed by atoms with Gasteiger partial charge in [0.05, 0.1) is 6.54 Å². The van der Waals surface area contributed by atoms with E-state index in [1.807, 2.05) is 4.90 Å². The first kappa shape index (κ1) is 18.8. The lowest BCUT2D eigenvalue weighted by molar-refractivity contribution is -0.148. The first-order valence-corrected chi connectivity index (χ1v) is 12.1. The summed E-state index contributed by atoms with van der Waals surface area (Å²) >= 11 is 0. The van der Waals surface area contributed by atoms with E-state index in [4.69, 9.17) is 0 Å². The van der Waals surface area contributed by atoms with Gasteiger partial charge in [0.1, 0.15) is 5.82 Å². The quantitative estimate of drug-likeness (QED) is 0.779. The normalized spacial score (nSPS) is 35.6. The summed E-state index contributed by atoms with van der Waals surface area (Å²) in [7, 11) is 0. The number of aromatic nitrogens is 3. The molecule has 1 aromatic heterocycles. The Morgan fingerprint density at radius 1 is 0.967 bits per heavy atom. The SMILES string of the molecule is O=C(CNC(=O)C12CC3CC(CC(C3)C1)C2)N1CCC(c2nc(C3CC3)n[nH]2)CC1. The smallest absolute Gasteiger partial charge is 0.241 e. The van der Waals surface area contributed by atoms with Crippen LogP contribution in [0.4, 0.5) is 0 Å². The third-order valence-corrected chi connectivity index (χ3v) is 8.62. The molecular formula is C23H33N5O2. The molecule has 0 radical (unpaired) electrons. The second-order valence-corrected chi connectivity index (χ2v) is 10.9. The summed E-state index contributed by atoms with van der Waals surface area (Å²) in [5, 5.41) is 10.5. The van der Waals surface area contributed by atoms with Crippen LogP contribution in [0.3, 0.4) is 0 Å². The summed E-state index contributed by atoms with van der Waals surface area (Å²) in [4.78, 5) is 32.4. The van der Waals surface area contributed by atoms with Gasteiger partial charge < -0.3 is 10.2 Å². The van der Waals surface area contributed by atoms with Crippen LogP contribution < -0.4 is 5.32 Å². The molecule has 2 amide bonds. The van der Waals surface area contributed by atoms with Crippen LogP contribution in [0.1, 0.15) is 87.7 Å². The van der Waals surface area contributed by atoms with Gasteiger partial charge >= 0.3 is 0 Å². The van der Waals surface area contributed by atoms with Crippen molar-refractivity contribution >= 4 is 11.8 Å². The van der Waals surface area contributed by atoms with Crippen molar-refractivity contribution in [3.8, 4) is 0 Å². The number of piperidine rings is 1. The Hall–Kier alpha value is -1.92. The Morgan fingerprint density at radius 3 is 2.20 bits per heavy atom. The second kappa shape index (κ2) is 7.06. The highest BCUT2D eigenvalue weighted by molar-refractivity contribution is 5.88. The number of carbonyl (C=O) groups is 2. The predicted octanol–water partition coefficient (Wildman–Crippen LogP) is 2.72. The molecule has 2 N–H and O–H groups in total. The van der Waals surface area contributed by atoms with Crippen LogP contribution >= 0.6 is 0 Å². The summed E-state index contributed by atoms with van der Waals surface area (Å²) < 4.78 is 0. The summed E-state index contributed by atoms with van der Waals surface area (Å²) in [6.07, 6.45) is 11.4. The molecule has 1 saturated heterocycles. The minimum atomic E-state index is -0.173. The van der Waals surface area contributed by atoms with E-state index in [0.717, 1.165) is 74.6 Å². The summed E-state index contributed by atoms with van der Waals surface area (Å²) in [6.45, 7) is 1.62. The number of H-pyrrole nitrogens is 1. The molecule has 2 heterocycles. The van der Waals surface area contributed by atoms with Gasteiger partial charge in [-0.3, -0.25) is 14.7 Å². The van der Waals surface area contributed by atoms with Crippen LogP contribution in [0.5, 0.6) is 0 Å². The van der Waals surface area contributed by atoms with E-state index in [9.17, 15) is 9.59 Å². The Bertz CT molecular complexity index is 801.